The van der Waals surface area contributed by atoms with E-state index in [4.69, 9.17) is 0 Å². The number of carbonyl (C=O) groups is 1. The summed E-state index contributed by atoms with van der Waals surface area (Å²) in [6.45, 7) is 1.49. The Labute approximate surface area is 106 Å². The lowest BCUT2D eigenvalue weighted by atomic mass is 10.2. The Balaban J connectivity index is 1.85. The Hall–Kier alpha value is -1.84. The molecule has 18 heavy (non-hydrogen) atoms. The molecule has 1 aliphatic heterocycles. The molecule has 0 radical (unpaired) electrons. The second-order valence-electron chi connectivity index (χ2n) is 4.81. The summed E-state index contributed by atoms with van der Waals surface area (Å²) in [5, 5.41) is 0. The van der Waals surface area contributed by atoms with E-state index in [2.05, 4.69) is 9.55 Å². The van der Waals surface area contributed by atoms with Crippen molar-refractivity contribution in [2.24, 2.45) is 0 Å². The minimum atomic E-state index is 0.269. The standard InChI is InChI=1S/C14H17N3O/c18-14-8-2-1-5-9-16(14)11-17-10-15-12-6-3-4-7-13(12)17/h3-4,6-7,10H,1-2,5,8-9,11H2. The van der Waals surface area contributed by atoms with Crippen molar-refractivity contribution < 1.29 is 4.79 Å². The molecule has 0 N–H and O–H groups in total. The highest BCUT2D eigenvalue weighted by Gasteiger charge is 2.17. The van der Waals surface area contributed by atoms with Crippen molar-refractivity contribution in [2.75, 3.05) is 6.54 Å². The normalized spacial score (nSPS) is 17.1. The van der Waals surface area contributed by atoms with Gasteiger partial charge in [0, 0.05) is 13.0 Å². The minimum absolute atomic E-state index is 0.269. The molecule has 1 fully saturated rings. The van der Waals surface area contributed by atoms with Crippen molar-refractivity contribution in [1.82, 2.24) is 14.5 Å². The summed E-state index contributed by atoms with van der Waals surface area (Å²) in [5.74, 6) is 0.269. The van der Waals surface area contributed by atoms with E-state index < -0.39 is 0 Å². The summed E-state index contributed by atoms with van der Waals surface area (Å²) in [6.07, 6.45) is 5.81. The van der Waals surface area contributed by atoms with Crippen LogP contribution in [0.25, 0.3) is 11.0 Å². The van der Waals surface area contributed by atoms with E-state index in [1.54, 1.807) is 0 Å². The molecule has 1 aliphatic rings. The van der Waals surface area contributed by atoms with Gasteiger partial charge in [0.05, 0.1) is 24.0 Å². The molecule has 1 aromatic heterocycles. The van der Waals surface area contributed by atoms with Crippen LogP contribution >= 0.6 is 0 Å². The van der Waals surface area contributed by atoms with Crippen LogP contribution in [0, 0.1) is 0 Å². The molecule has 4 heteroatoms. The van der Waals surface area contributed by atoms with Gasteiger partial charge in [-0.25, -0.2) is 4.98 Å². The molecular formula is C14H17N3O. The van der Waals surface area contributed by atoms with Gasteiger partial charge in [-0.1, -0.05) is 18.6 Å². The lowest BCUT2D eigenvalue weighted by Gasteiger charge is -2.21. The van der Waals surface area contributed by atoms with Gasteiger partial charge in [0.15, 0.2) is 0 Å². The monoisotopic (exact) mass is 243 g/mol. The average Bonchev–Trinajstić information content (AvgIpc) is 2.69. The van der Waals surface area contributed by atoms with Gasteiger partial charge >= 0.3 is 0 Å². The highest BCUT2D eigenvalue weighted by molar-refractivity contribution is 5.77. The van der Waals surface area contributed by atoms with Crippen molar-refractivity contribution in [3.05, 3.63) is 30.6 Å². The van der Waals surface area contributed by atoms with Gasteiger partial charge < -0.3 is 9.47 Å². The number of aromatic nitrogens is 2. The molecular weight excluding hydrogens is 226 g/mol. The number of amides is 1. The molecule has 2 heterocycles. The molecule has 1 amide bonds. The summed E-state index contributed by atoms with van der Waals surface area (Å²) in [6, 6.07) is 8.03. The van der Waals surface area contributed by atoms with Crippen LogP contribution in [0.5, 0.6) is 0 Å². The predicted molar refractivity (Wildman–Crippen MR) is 69.9 cm³/mol. The fourth-order valence-corrected chi connectivity index (χ4v) is 2.49. The van der Waals surface area contributed by atoms with E-state index in [-0.39, 0.29) is 5.91 Å². The van der Waals surface area contributed by atoms with Crippen molar-refractivity contribution in [3.63, 3.8) is 0 Å². The van der Waals surface area contributed by atoms with Crippen molar-refractivity contribution in [1.29, 1.82) is 0 Å². The van der Waals surface area contributed by atoms with Crippen molar-refractivity contribution in [3.8, 4) is 0 Å². The molecule has 0 bridgehead atoms. The van der Waals surface area contributed by atoms with Gasteiger partial charge in [-0.05, 0) is 25.0 Å². The zero-order chi connectivity index (χ0) is 12.4. The van der Waals surface area contributed by atoms with E-state index in [0.29, 0.717) is 13.1 Å². The average molecular weight is 243 g/mol. The third kappa shape index (κ3) is 2.10. The number of para-hydroxylation sites is 2. The summed E-state index contributed by atoms with van der Waals surface area (Å²) in [5.41, 5.74) is 2.08. The zero-order valence-corrected chi connectivity index (χ0v) is 10.4. The van der Waals surface area contributed by atoms with Crippen molar-refractivity contribution >= 4 is 16.9 Å². The van der Waals surface area contributed by atoms with Crippen molar-refractivity contribution in [2.45, 2.75) is 32.4 Å². The van der Waals surface area contributed by atoms with E-state index in [1.807, 2.05) is 35.5 Å². The maximum absolute atomic E-state index is 12.0. The molecule has 1 saturated heterocycles. The van der Waals surface area contributed by atoms with E-state index in [1.165, 1.54) is 0 Å². The van der Waals surface area contributed by atoms with E-state index in [9.17, 15) is 4.79 Å². The van der Waals surface area contributed by atoms with Crippen LogP contribution < -0.4 is 0 Å². The van der Waals surface area contributed by atoms with Crippen LogP contribution in [0.1, 0.15) is 25.7 Å². The highest BCUT2D eigenvalue weighted by Crippen LogP contribution is 2.16. The molecule has 0 unspecified atom stereocenters. The smallest absolute Gasteiger partial charge is 0.223 e. The van der Waals surface area contributed by atoms with Gasteiger partial charge in [0.25, 0.3) is 0 Å². The zero-order valence-electron chi connectivity index (χ0n) is 10.4. The first-order valence-electron chi connectivity index (χ1n) is 6.52. The van der Waals surface area contributed by atoms with Gasteiger partial charge in [-0.15, -0.1) is 0 Å². The van der Waals surface area contributed by atoms with E-state index >= 15 is 0 Å². The topological polar surface area (TPSA) is 38.1 Å². The Kier molecular flexibility index (Phi) is 3.00. The van der Waals surface area contributed by atoms with Crippen LogP contribution in [0.2, 0.25) is 0 Å². The SMILES string of the molecule is O=C1CCCCCN1Cn1cnc2ccccc21. The second-order valence-corrected chi connectivity index (χ2v) is 4.81. The highest BCUT2D eigenvalue weighted by atomic mass is 16.2. The number of likely N-dealkylation sites (tertiary alicyclic amines) is 1. The van der Waals surface area contributed by atoms with Gasteiger partial charge in [-0.3, -0.25) is 4.79 Å². The molecule has 0 aliphatic carbocycles. The molecule has 0 saturated carbocycles. The molecule has 4 nitrogen and oxygen atoms in total. The van der Waals surface area contributed by atoms with Gasteiger partial charge in [-0.2, -0.15) is 0 Å². The first-order valence-corrected chi connectivity index (χ1v) is 6.52. The number of nitrogens with zero attached hydrogens (tertiary/aromatic N) is 3. The second kappa shape index (κ2) is 4.80. The number of rotatable bonds is 2. The maximum Gasteiger partial charge on any atom is 0.223 e. The maximum atomic E-state index is 12.0. The fourth-order valence-electron chi connectivity index (χ4n) is 2.49. The number of carbonyl (C=O) groups excluding carboxylic acids is 1. The molecule has 94 valence electrons. The van der Waals surface area contributed by atoms with Crippen LogP contribution in [0.3, 0.4) is 0 Å². The van der Waals surface area contributed by atoms with Gasteiger partial charge in [0.2, 0.25) is 5.91 Å². The fraction of sp³-hybridized carbons (Fsp3) is 0.429. The third-order valence-electron chi connectivity index (χ3n) is 3.52. The number of hydrogen-bond donors (Lipinski definition) is 0. The summed E-state index contributed by atoms with van der Waals surface area (Å²) in [7, 11) is 0. The molecule has 0 atom stereocenters. The lowest BCUT2D eigenvalue weighted by molar-refractivity contribution is -0.132. The quantitative estimate of drug-likeness (QED) is 0.812. The van der Waals surface area contributed by atoms with E-state index in [0.717, 1.165) is 36.8 Å². The summed E-state index contributed by atoms with van der Waals surface area (Å²) in [4.78, 5) is 18.3. The molecule has 3 rings (SSSR count). The largest absolute Gasteiger partial charge is 0.325 e. The molecule has 2 aromatic rings. The van der Waals surface area contributed by atoms with Gasteiger partial charge in [0.1, 0.15) is 0 Å². The minimum Gasteiger partial charge on any atom is -0.325 e. The summed E-state index contributed by atoms with van der Waals surface area (Å²) < 4.78 is 2.05. The van der Waals surface area contributed by atoms with Crippen LogP contribution in [0.4, 0.5) is 0 Å². The van der Waals surface area contributed by atoms with Crippen LogP contribution in [0.15, 0.2) is 30.6 Å². The van der Waals surface area contributed by atoms with Crippen LogP contribution in [-0.2, 0) is 11.5 Å². The number of benzene rings is 1. The third-order valence-corrected chi connectivity index (χ3v) is 3.52. The molecule has 0 spiro atoms. The molecule has 1 aromatic carbocycles. The number of hydrogen-bond acceptors (Lipinski definition) is 2. The van der Waals surface area contributed by atoms with Crippen LogP contribution in [-0.4, -0.2) is 26.9 Å². The first-order chi connectivity index (χ1) is 8.84. The Morgan fingerprint density at radius 3 is 3.00 bits per heavy atom. The predicted octanol–water partition coefficient (Wildman–Crippen LogP) is 2.40. The number of imidazole rings is 1. The Morgan fingerprint density at radius 2 is 2.06 bits per heavy atom. The lowest BCUT2D eigenvalue weighted by Crippen LogP contribution is -2.32. The Morgan fingerprint density at radius 1 is 1.17 bits per heavy atom. The summed E-state index contributed by atoms with van der Waals surface area (Å²) >= 11 is 0. The first kappa shape index (κ1) is 11.3. The number of fused-ring (bicyclic) bond motifs is 1. The Bertz CT molecular complexity index is 561.